The second-order valence-corrected chi connectivity index (χ2v) is 5.27. The van der Waals surface area contributed by atoms with Crippen LogP contribution in [-0.2, 0) is 12.8 Å². The van der Waals surface area contributed by atoms with Crippen molar-refractivity contribution < 1.29 is 4.74 Å². The summed E-state index contributed by atoms with van der Waals surface area (Å²) in [5.74, 6) is 0.713. The predicted octanol–water partition coefficient (Wildman–Crippen LogP) is 3.61. The zero-order valence-electron chi connectivity index (χ0n) is 11.9. The molecule has 0 amide bonds. The molecule has 0 unspecified atom stereocenters. The van der Waals surface area contributed by atoms with Gasteiger partial charge in [0.05, 0.1) is 10.2 Å². The minimum atomic E-state index is 0.206. The first-order valence-electron chi connectivity index (χ1n) is 6.62. The number of nitriles is 1. The van der Waals surface area contributed by atoms with Gasteiger partial charge in [-0.05, 0) is 46.5 Å². The maximum Gasteiger partial charge on any atom is 0.257 e. The van der Waals surface area contributed by atoms with Gasteiger partial charge in [0.1, 0.15) is 17.4 Å². The monoisotopic (exact) mass is 346 g/mol. The van der Waals surface area contributed by atoms with Crippen molar-refractivity contribution in [3.05, 3.63) is 39.5 Å². The van der Waals surface area contributed by atoms with E-state index in [9.17, 15) is 5.26 Å². The van der Waals surface area contributed by atoms with E-state index in [4.69, 9.17) is 10.5 Å². The third kappa shape index (κ3) is 3.14. The van der Waals surface area contributed by atoms with E-state index in [1.165, 1.54) is 0 Å². The van der Waals surface area contributed by atoms with E-state index in [0.717, 1.165) is 22.2 Å². The molecule has 0 bridgehead atoms. The van der Waals surface area contributed by atoms with Crippen LogP contribution in [0.15, 0.2) is 22.7 Å². The lowest BCUT2D eigenvalue weighted by atomic mass is 10.0. The molecule has 2 rings (SSSR count). The molecular formula is C15H15BrN4O. The highest BCUT2D eigenvalue weighted by Crippen LogP contribution is 2.33. The molecule has 0 aliphatic carbocycles. The van der Waals surface area contributed by atoms with E-state index in [1.54, 1.807) is 18.2 Å². The van der Waals surface area contributed by atoms with Crippen LogP contribution in [0.25, 0.3) is 0 Å². The molecule has 1 aromatic heterocycles. The van der Waals surface area contributed by atoms with Gasteiger partial charge < -0.3 is 10.5 Å². The lowest BCUT2D eigenvalue weighted by molar-refractivity contribution is 0.448. The van der Waals surface area contributed by atoms with E-state index < -0.39 is 0 Å². The standard InChI is InChI=1S/C15H15BrN4O/c1-3-10-11(8-17)15(20-19-13(10)4-2)21-14-7-9(18)5-6-12(14)16/h5-7H,3-4,18H2,1-2H3. The summed E-state index contributed by atoms with van der Waals surface area (Å²) in [5, 5.41) is 17.6. The van der Waals surface area contributed by atoms with Crippen molar-refractivity contribution in [2.45, 2.75) is 26.7 Å². The van der Waals surface area contributed by atoms with E-state index in [1.807, 2.05) is 13.8 Å². The normalized spacial score (nSPS) is 10.2. The van der Waals surface area contributed by atoms with E-state index in [0.29, 0.717) is 23.4 Å². The second kappa shape index (κ2) is 6.55. The van der Waals surface area contributed by atoms with Gasteiger partial charge in [-0.2, -0.15) is 10.4 Å². The van der Waals surface area contributed by atoms with E-state index in [2.05, 4.69) is 32.2 Å². The Kier molecular flexibility index (Phi) is 4.76. The minimum absolute atomic E-state index is 0.206. The van der Waals surface area contributed by atoms with Gasteiger partial charge in [0, 0.05) is 11.8 Å². The van der Waals surface area contributed by atoms with Gasteiger partial charge in [0.2, 0.25) is 0 Å². The van der Waals surface area contributed by atoms with Gasteiger partial charge in [-0.15, -0.1) is 5.10 Å². The zero-order chi connectivity index (χ0) is 15.4. The van der Waals surface area contributed by atoms with E-state index >= 15 is 0 Å². The summed E-state index contributed by atoms with van der Waals surface area (Å²) in [7, 11) is 0. The molecule has 0 saturated heterocycles. The van der Waals surface area contributed by atoms with Crippen LogP contribution in [0.3, 0.4) is 0 Å². The first-order valence-corrected chi connectivity index (χ1v) is 7.41. The van der Waals surface area contributed by atoms with Crippen molar-refractivity contribution in [1.29, 1.82) is 5.26 Å². The number of nitrogens with zero attached hydrogens (tertiary/aromatic N) is 3. The largest absolute Gasteiger partial charge is 0.435 e. The number of aromatic nitrogens is 2. The maximum absolute atomic E-state index is 9.42. The molecule has 0 spiro atoms. The number of benzene rings is 1. The Balaban J connectivity index is 2.50. The SMILES string of the molecule is CCc1nnc(Oc2cc(N)ccc2Br)c(C#N)c1CC. The number of nitrogens with two attached hydrogens (primary N) is 1. The summed E-state index contributed by atoms with van der Waals surface area (Å²) in [6, 6.07) is 7.38. The van der Waals surface area contributed by atoms with Crippen molar-refractivity contribution in [1.82, 2.24) is 10.2 Å². The summed E-state index contributed by atoms with van der Waals surface area (Å²) in [6.07, 6.45) is 1.43. The molecule has 0 aliphatic rings. The molecule has 2 N–H and O–H groups in total. The Bertz CT molecular complexity index is 710. The highest BCUT2D eigenvalue weighted by molar-refractivity contribution is 9.10. The average molecular weight is 347 g/mol. The highest BCUT2D eigenvalue weighted by atomic mass is 79.9. The number of hydrogen-bond acceptors (Lipinski definition) is 5. The van der Waals surface area contributed by atoms with Crippen LogP contribution in [0.1, 0.15) is 30.7 Å². The number of aryl methyl sites for hydroxylation is 1. The topological polar surface area (TPSA) is 84.8 Å². The first-order chi connectivity index (χ1) is 10.1. The van der Waals surface area contributed by atoms with Crippen LogP contribution in [0.5, 0.6) is 11.6 Å². The van der Waals surface area contributed by atoms with Gasteiger partial charge in [-0.3, -0.25) is 0 Å². The molecule has 0 atom stereocenters. The second-order valence-electron chi connectivity index (χ2n) is 4.42. The average Bonchev–Trinajstić information content (AvgIpc) is 2.50. The Labute approximate surface area is 131 Å². The molecule has 0 fully saturated rings. The number of nitrogen functional groups attached to an aromatic ring is 1. The quantitative estimate of drug-likeness (QED) is 0.854. The van der Waals surface area contributed by atoms with Crippen LogP contribution < -0.4 is 10.5 Å². The molecule has 108 valence electrons. The maximum atomic E-state index is 9.42. The molecule has 2 aromatic rings. The van der Waals surface area contributed by atoms with Crippen LogP contribution in [-0.4, -0.2) is 10.2 Å². The van der Waals surface area contributed by atoms with Gasteiger partial charge >= 0.3 is 0 Å². The van der Waals surface area contributed by atoms with Crippen molar-refractivity contribution in [2.24, 2.45) is 0 Å². The number of anilines is 1. The molecule has 21 heavy (non-hydrogen) atoms. The fraction of sp³-hybridized carbons (Fsp3) is 0.267. The van der Waals surface area contributed by atoms with Crippen molar-refractivity contribution in [2.75, 3.05) is 5.73 Å². The predicted molar refractivity (Wildman–Crippen MR) is 84.1 cm³/mol. The van der Waals surface area contributed by atoms with Crippen LogP contribution in [0.2, 0.25) is 0 Å². The van der Waals surface area contributed by atoms with Crippen molar-refractivity contribution in [3.8, 4) is 17.7 Å². The van der Waals surface area contributed by atoms with Crippen molar-refractivity contribution in [3.63, 3.8) is 0 Å². The lowest BCUT2D eigenvalue weighted by Gasteiger charge is -2.12. The fourth-order valence-electron chi connectivity index (χ4n) is 2.04. The number of rotatable bonds is 4. The Hall–Kier alpha value is -2.13. The van der Waals surface area contributed by atoms with Gasteiger partial charge in [-0.1, -0.05) is 13.8 Å². The summed E-state index contributed by atoms with van der Waals surface area (Å²) >= 11 is 3.39. The van der Waals surface area contributed by atoms with Gasteiger partial charge in [-0.25, -0.2) is 0 Å². The Morgan fingerprint density at radius 3 is 2.67 bits per heavy atom. The van der Waals surface area contributed by atoms with Gasteiger partial charge in [0.25, 0.3) is 5.88 Å². The first kappa shape index (κ1) is 15.3. The Morgan fingerprint density at radius 1 is 1.29 bits per heavy atom. The molecule has 6 heteroatoms. The number of ether oxygens (including phenoxy) is 1. The molecule has 0 saturated carbocycles. The van der Waals surface area contributed by atoms with Crippen molar-refractivity contribution >= 4 is 21.6 Å². The summed E-state index contributed by atoms with van der Waals surface area (Å²) in [4.78, 5) is 0. The minimum Gasteiger partial charge on any atom is -0.435 e. The molecule has 0 radical (unpaired) electrons. The highest BCUT2D eigenvalue weighted by Gasteiger charge is 2.17. The fourth-order valence-corrected chi connectivity index (χ4v) is 2.37. The summed E-state index contributed by atoms with van der Waals surface area (Å²) in [5.41, 5.74) is 8.46. The lowest BCUT2D eigenvalue weighted by Crippen LogP contribution is -2.05. The molecular weight excluding hydrogens is 332 g/mol. The van der Waals surface area contributed by atoms with Crippen LogP contribution in [0, 0.1) is 11.3 Å². The summed E-state index contributed by atoms with van der Waals surface area (Å²) in [6.45, 7) is 3.97. The molecule has 0 aliphatic heterocycles. The van der Waals surface area contributed by atoms with Crippen LogP contribution in [0.4, 0.5) is 5.69 Å². The smallest absolute Gasteiger partial charge is 0.257 e. The third-order valence-electron chi connectivity index (χ3n) is 3.09. The molecule has 1 heterocycles. The molecule has 5 nitrogen and oxygen atoms in total. The number of halogens is 1. The molecule has 1 aromatic carbocycles. The van der Waals surface area contributed by atoms with E-state index in [-0.39, 0.29) is 5.88 Å². The van der Waals surface area contributed by atoms with Gasteiger partial charge in [0.15, 0.2) is 0 Å². The third-order valence-corrected chi connectivity index (χ3v) is 3.74. The zero-order valence-corrected chi connectivity index (χ0v) is 13.4. The van der Waals surface area contributed by atoms with Crippen LogP contribution >= 0.6 is 15.9 Å². The Morgan fingerprint density at radius 2 is 2.05 bits per heavy atom. The summed E-state index contributed by atoms with van der Waals surface area (Å²) < 4.78 is 6.47. The number of hydrogen-bond donors (Lipinski definition) is 1.